The average Bonchev–Trinajstić information content (AvgIpc) is 2.45. The van der Waals surface area contributed by atoms with Crippen molar-refractivity contribution in [3.05, 3.63) is 35.9 Å². The van der Waals surface area contributed by atoms with Crippen LogP contribution in [-0.4, -0.2) is 31.8 Å². The molecule has 0 unspecified atom stereocenters. The lowest BCUT2D eigenvalue weighted by atomic mass is 10.1. The standard InChI is InChI=1S/C15H21N3O/c1-3-16-11-12-10-15(17-8-9-19-2)18-14-7-5-4-6-13(12)14/h4-7,10,16H,3,8-9,11H2,1-2H3,(H,17,18). The zero-order valence-electron chi connectivity index (χ0n) is 11.6. The topological polar surface area (TPSA) is 46.2 Å². The van der Waals surface area contributed by atoms with E-state index in [0.717, 1.165) is 31.0 Å². The van der Waals surface area contributed by atoms with E-state index in [1.165, 1.54) is 10.9 Å². The van der Waals surface area contributed by atoms with Crippen molar-refractivity contribution >= 4 is 16.7 Å². The molecule has 4 heteroatoms. The lowest BCUT2D eigenvalue weighted by Gasteiger charge is -2.11. The summed E-state index contributed by atoms with van der Waals surface area (Å²) in [7, 11) is 1.70. The van der Waals surface area contributed by atoms with E-state index in [-0.39, 0.29) is 0 Å². The summed E-state index contributed by atoms with van der Waals surface area (Å²) in [5.41, 5.74) is 2.30. The summed E-state index contributed by atoms with van der Waals surface area (Å²) in [4.78, 5) is 4.62. The molecule has 1 aromatic heterocycles. The van der Waals surface area contributed by atoms with E-state index < -0.39 is 0 Å². The minimum absolute atomic E-state index is 0.678. The second kappa shape index (κ2) is 7.07. The maximum Gasteiger partial charge on any atom is 0.127 e. The number of rotatable bonds is 7. The quantitative estimate of drug-likeness (QED) is 0.750. The highest BCUT2D eigenvalue weighted by Gasteiger charge is 2.04. The number of benzene rings is 1. The minimum Gasteiger partial charge on any atom is -0.383 e. The maximum absolute atomic E-state index is 5.04. The van der Waals surface area contributed by atoms with Gasteiger partial charge in [0.2, 0.25) is 0 Å². The van der Waals surface area contributed by atoms with Crippen molar-refractivity contribution in [2.75, 3.05) is 32.1 Å². The molecule has 0 spiro atoms. The van der Waals surface area contributed by atoms with Gasteiger partial charge in [0, 0.05) is 25.6 Å². The molecule has 0 amide bonds. The fourth-order valence-corrected chi connectivity index (χ4v) is 2.03. The summed E-state index contributed by atoms with van der Waals surface area (Å²) in [6.45, 7) is 5.38. The van der Waals surface area contributed by atoms with Crippen LogP contribution in [0.15, 0.2) is 30.3 Å². The monoisotopic (exact) mass is 259 g/mol. The van der Waals surface area contributed by atoms with Crippen LogP contribution in [0.5, 0.6) is 0 Å². The van der Waals surface area contributed by atoms with Gasteiger partial charge in [0.05, 0.1) is 12.1 Å². The number of fused-ring (bicyclic) bond motifs is 1. The molecule has 0 fully saturated rings. The molecule has 0 bridgehead atoms. The smallest absolute Gasteiger partial charge is 0.127 e. The summed E-state index contributed by atoms with van der Waals surface area (Å²) >= 11 is 0. The van der Waals surface area contributed by atoms with E-state index in [9.17, 15) is 0 Å². The summed E-state index contributed by atoms with van der Waals surface area (Å²) in [5.74, 6) is 0.906. The first kappa shape index (κ1) is 13.8. The Bertz CT molecular complexity index is 528. The second-order valence-electron chi connectivity index (χ2n) is 4.38. The van der Waals surface area contributed by atoms with Crippen molar-refractivity contribution in [2.24, 2.45) is 0 Å². The number of hydrogen-bond donors (Lipinski definition) is 2. The van der Waals surface area contributed by atoms with Crippen LogP contribution in [0.1, 0.15) is 12.5 Å². The van der Waals surface area contributed by atoms with Gasteiger partial charge in [-0.3, -0.25) is 0 Å². The molecular formula is C15H21N3O. The fraction of sp³-hybridized carbons (Fsp3) is 0.400. The van der Waals surface area contributed by atoms with Crippen LogP contribution < -0.4 is 10.6 Å². The van der Waals surface area contributed by atoms with Crippen molar-refractivity contribution in [1.29, 1.82) is 0 Å². The van der Waals surface area contributed by atoms with Gasteiger partial charge < -0.3 is 15.4 Å². The third-order valence-electron chi connectivity index (χ3n) is 2.98. The average molecular weight is 259 g/mol. The summed E-state index contributed by atoms with van der Waals surface area (Å²) < 4.78 is 5.04. The number of ether oxygens (including phenoxy) is 1. The SMILES string of the molecule is CCNCc1cc(NCCOC)nc2ccccc12. The molecule has 2 N–H and O–H groups in total. The third kappa shape index (κ3) is 3.66. The number of nitrogens with one attached hydrogen (secondary N) is 2. The Kier molecular flexibility index (Phi) is 5.12. The Morgan fingerprint density at radius 3 is 2.89 bits per heavy atom. The van der Waals surface area contributed by atoms with Crippen LogP contribution in [0.25, 0.3) is 10.9 Å². The number of para-hydroxylation sites is 1. The number of hydrogen-bond acceptors (Lipinski definition) is 4. The molecule has 0 aliphatic heterocycles. The normalized spacial score (nSPS) is 10.8. The minimum atomic E-state index is 0.678. The van der Waals surface area contributed by atoms with Crippen molar-refractivity contribution < 1.29 is 4.74 Å². The molecule has 0 saturated heterocycles. The highest BCUT2D eigenvalue weighted by atomic mass is 16.5. The highest BCUT2D eigenvalue weighted by Crippen LogP contribution is 2.20. The molecule has 2 aromatic rings. The van der Waals surface area contributed by atoms with E-state index in [4.69, 9.17) is 4.74 Å². The van der Waals surface area contributed by atoms with Crippen LogP contribution in [0.4, 0.5) is 5.82 Å². The third-order valence-corrected chi connectivity index (χ3v) is 2.98. The van der Waals surface area contributed by atoms with Crippen LogP contribution in [0, 0.1) is 0 Å². The van der Waals surface area contributed by atoms with Gasteiger partial charge in [0.1, 0.15) is 5.82 Å². The van der Waals surface area contributed by atoms with Gasteiger partial charge in [0.25, 0.3) is 0 Å². The summed E-state index contributed by atoms with van der Waals surface area (Å²) in [6, 6.07) is 10.4. The van der Waals surface area contributed by atoms with Crippen LogP contribution in [0.2, 0.25) is 0 Å². The molecule has 0 aliphatic rings. The molecule has 19 heavy (non-hydrogen) atoms. The molecule has 2 rings (SSSR count). The molecule has 0 atom stereocenters. The lowest BCUT2D eigenvalue weighted by Crippen LogP contribution is -2.14. The lowest BCUT2D eigenvalue weighted by molar-refractivity contribution is 0.210. The second-order valence-corrected chi connectivity index (χ2v) is 4.38. The first-order valence-electron chi connectivity index (χ1n) is 6.67. The largest absolute Gasteiger partial charge is 0.383 e. The van der Waals surface area contributed by atoms with E-state index in [1.54, 1.807) is 7.11 Å². The molecule has 1 heterocycles. The van der Waals surface area contributed by atoms with Crippen LogP contribution >= 0.6 is 0 Å². The summed E-state index contributed by atoms with van der Waals surface area (Å²) in [6.07, 6.45) is 0. The molecule has 0 radical (unpaired) electrons. The van der Waals surface area contributed by atoms with Gasteiger partial charge in [-0.15, -0.1) is 0 Å². The van der Waals surface area contributed by atoms with Gasteiger partial charge in [-0.2, -0.15) is 0 Å². The van der Waals surface area contributed by atoms with E-state index in [2.05, 4.69) is 40.7 Å². The van der Waals surface area contributed by atoms with E-state index in [0.29, 0.717) is 6.61 Å². The van der Waals surface area contributed by atoms with Gasteiger partial charge >= 0.3 is 0 Å². The van der Waals surface area contributed by atoms with Gasteiger partial charge in [-0.1, -0.05) is 25.1 Å². The number of anilines is 1. The van der Waals surface area contributed by atoms with Gasteiger partial charge in [-0.05, 0) is 24.2 Å². The Labute approximate surface area is 114 Å². The van der Waals surface area contributed by atoms with Crippen LogP contribution in [-0.2, 0) is 11.3 Å². The molecule has 1 aromatic carbocycles. The number of methoxy groups -OCH3 is 1. The number of nitrogens with zero attached hydrogens (tertiary/aromatic N) is 1. The molecule has 102 valence electrons. The summed E-state index contributed by atoms with van der Waals surface area (Å²) in [5, 5.41) is 7.87. The number of aromatic nitrogens is 1. The Morgan fingerprint density at radius 1 is 1.26 bits per heavy atom. The predicted octanol–water partition coefficient (Wildman–Crippen LogP) is 2.40. The van der Waals surface area contributed by atoms with Gasteiger partial charge in [-0.25, -0.2) is 4.98 Å². The van der Waals surface area contributed by atoms with Crippen LogP contribution in [0.3, 0.4) is 0 Å². The van der Waals surface area contributed by atoms with E-state index >= 15 is 0 Å². The fourth-order valence-electron chi connectivity index (χ4n) is 2.03. The highest BCUT2D eigenvalue weighted by molar-refractivity contribution is 5.84. The number of pyridine rings is 1. The first-order valence-corrected chi connectivity index (χ1v) is 6.67. The zero-order chi connectivity index (χ0) is 13.5. The van der Waals surface area contributed by atoms with Crippen molar-refractivity contribution in [3.63, 3.8) is 0 Å². The van der Waals surface area contributed by atoms with Gasteiger partial charge in [0.15, 0.2) is 0 Å². The first-order chi connectivity index (χ1) is 9.35. The Hall–Kier alpha value is -1.65. The maximum atomic E-state index is 5.04. The Morgan fingerprint density at radius 2 is 2.11 bits per heavy atom. The zero-order valence-corrected chi connectivity index (χ0v) is 11.6. The predicted molar refractivity (Wildman–Crippen MR) is 79.5 cm³/mol. The molecule has 4 nitrogen and oxygen atoms in total. The van der Waals surface area contributed by atoms with Crippen molar-refractivity contribution in [2.45, 2.75) is 13.5 Å². The molecule has 0 saturated carbocycles. The van der Waals surface area contributed by atoms with Crippen molar-refractivity contribution in [1.82, 2.24) is 10.3 Å². The van der Waals surface area contributed by atoms with E-state index in [1.807, 2.05) is 12.1 Å². The van der Waals surface area contributed by atoms with Crippen molar-refractivity contribution in [3.8, 4) is 0 Å². The Balaban J connectivity index is 2.27. The molecular weight excluding hydrogens is 238 g/mol. The molecule has 0 aliphatic carbocycles.